The molecule has 0 aliphatic rings. The fraction of sp³-hybridized carbons (Fsp3) is 0.357. The van der Waals surface area contributed by atoms with E-state index in [0.29, 0.717) is 16.5 Å². The minimum absolute atomic E-state index is 0.0718. The molecular formula is C14H16BrNO4S. The van der Waals surface area contributed by atoms with Crippen LogP contribution in [0.4, 0.5) is 0 Å². The normalized spacial score (nSPS) is 12.7. The highest BCUT2D eigenvalue weighted by atomic mass is 79.9. The van der Waals surface area contributed by atoms with E-state index in [-0.39, 0.29) is 10.5 Å². The predicted octanol–water partition coefficient (Wildman–Crippen LogP) is 2.54. The van der Waals surface area contributed by atoms with Crippen molar-refractivity contribution in [3.8, 4) is 12.3 Å². The minimum Gasteiger partial charge on any atom is -0.478 e. The van der Waals surface area contributed by atoms with E-state index in [9.17, 15) is 13.2 Å². The van der Waals surface area contributed by atoms with E-state index in [1.54, 1.807) is 6.92 Å². The van der Waals surface area contributed by atoms with Crippen LogP contribution >= 0.6 is 15.9 Å². The van der Waals surface area contributed by atoms with Gasteiger partial charge in [-0.15, -0.1) is 6.42 Å². The summed E-state index contributed by atoms with van der Waals surface area (Å²) in [5, 5.41) is 9.12. The first-order chi connectivity index (χ1) is 9.72. The molecule has 1 unspecified atom stereocenters. The Morgan fingerprint density at radius 3 is 2.62 bits per heavy atom. The van der Waals surface area contributed by atoms with Gasteiger partial charge in [0.2, 0.25) is 10.0 Å². The van der Waals surface area contributed by atoms with Gasteiger partial charge in [-0.3, -0.25) is 0 Å². The molecule has 0 bridgehead atoms. The van der Waals surface area contributed by atoms with Crippen molar-refractivity contribution in [2.75, 3.05) is 0 Å². The fourth-order valence-corrected chi connectivity index (χ4v) is 3.61. The van der Waals surface area contributed by atoms with Gasteiger partial charge in [0, 0.05) is 4.47 Å². The second kappa shape index (κ2) is 7.07. The van der Waals surface area contributed by atoms with Gasteiger partial charge in [0.25, 0.3) is 0 Å². The lowest BCUT2D eigenvalue weighted by atomic mass is 10.1. The molecule has 0 saturated heterocycles. The van der Waals surface area contributed by atoms with Crippen molar-refractivity contribution in [2.24, 2.45) is 0 Å². The quantitative estimate of drug-likeness (QED) is 0.750. The van der Waals surface area contributed by atoms with Gasteiger partial charge >= 0.3 is 5.97 Å². The van der Waals surface area contributed by atoms with Gasteiger partial charge in [-0.2, -0.15) is 4.72 Å². The van der Waals surface area contributed by atoms with Crippen molar-refractivity contribution >= 4 is 31.9 Å². The summed E-state index contributed by atoms with van der Waals surface area (Å²) >= 11 is 3.18. The molecule has 7 heteroatoms. The first-order valence-corrected chi connectivity index (χ1v) is 8.52. The van der Waals surface area contributed by atoms with Crippen molar-refractivity contribution in [3.63, 3.8) is 0 Å². The van der Waals surface area contributed by atoms with E-state index >= 15 is 0 Å². The largest absolute Gasteiger partial charge is 0.478 e. The number of hydrogen-bond acceptors (Lipinski definition) is 3. The van der Waals surface area contributed by atoms with Gasteiger partial charge in [-0.1, -0.05) is 35.2 Å². The lowest BCUT2D eigenvalue weighted by Gasteiger charge is -2.14. The number of rotatable bonds is 6. The molecule has 21 heavy (non-hydrogen) atoms. The minimum atomic E-state index is -3.87. The van der Waals surface area contributed by atoms with Crippen LogP contribution in [0.1, 0.15) is 35.7 Å². The molecule has 0 aromatic heterocycles. The SMILES string of the molecule is C#CC(CCC)NS(=O)(=O)c1cc(Br)c(C)c(C(=O)O)c1. The standard InChI is InChI=1S/C14H16BrNO4S/c1-4-6-10(5-2)16-21(19,20)11-7-12(14(17)18)9(3)13(15)8-11/h2,7-8,10,16H,4,6H2,1,3H3,(H,17,18). The van der Waals surface area contributed by atoms with Crippen LogP contribution in [0.3, 0.4) is 0 Å². The Labute approximate surface area is 132 Å². The average Bonchev–Trinajstić information content (AvgIpc) is 2.40. The van der Waals surface area contributed by atoms with Gasteiger partial charge in [-0.25, -0.2) is 13.2 Å². The number of nitrogens with one attached hydrogen (secondary N) is 1. The van der Waals surface area contributed by atoms with Crippen molar-refractivity contribution in [2.45, 2.75) is 37.6 Å². The highest BCUT2D eigenvalue weighted by molar-refractivity contribution is 9.10. The number of carboxylic acid groups (broad SMARTS) is 1. The molecule has 0 fully saturated rings. The molecule has 0 spiro atoms. The molecule has 0 radical (unpaired) electrons. The molecule has 1 aromatic carbocycles. The van der Waals surface area contributed by atoms with Crippen molar-refractivity contribution in [1.29, 1.82) is 0 Å². The maximum atomic E-state index is 12.3. The number of terminal acetylenes is 1. The highest BCUT2D eigenvalue weighted by Crippen LogP contribution is 2.25. The van der Waals surface area contributed by atoms with E-state index in [2.05, 4.69) is 26.6 Å². The highest BCUT2D eigenvalue weighted by Gasteiger charge is 2.22. The number of carbonyl (C=O) groups is 1. The number of halogens is 1. The lowest BCUT2D eigenvalue weighted by molar-refractivity contribution is 0.0695. The third-order valence-electron chi connectivity index (χ3n) is 2.93. The Balaban J connectivity index is 3.27. The van der Waals surface area contributed by atoms with Gasteiger partial charge in [-0.05, 0) is 31.0 Å². The monoisotopic (exact) mass is 373 g/mol. The van der Waals surface area contributed by atoms with Crippen molar-refractivity contribution < 1.29 is 18.3 Å². The predicted molar refractivity (Wildman–Crippen MR) is 83.7 cm³/mol. The molecule has 0 aliphatic heterocycles. The fourth-order valence-electron chi connectivity index (χ4n) is 1.75. The smallest absolute Gasteiger partial charge is 0.336 e. The van der Waals surface area contributed by atoms with Gasteiger partial charge in [0.05, 0.1) is 16.5 Å². The van der Waals surface area contributed by atoms with Crippen LogP contribution < -0.4 is 4.72 Å². The van der Waals surface area contributed by atoms with Gasteiger partial charge in [0.1, 0.15) is 0 Å². The molecule has 1 atom stereocenters. The maximum Gasteiger partial charge on any atom is 0.336 e. The molecule has 0 amide bonds. The molecule has 2 N–H and O–H groups in total. The molecule has 114 valence electrons. The summed E-state index contributed by atoms with van der Waals surface area (Å²) in [6.45, 7) is 3.49. The van der Waals surface area contributed by atoms with E-state index in [4.69, 9.17) is 11.5 Å². The molecule has 0 saturated carbocycles. The number of carboxylic acids is 1. The van der Waals surface area contributed by atoms with Crippen molar-refractivity contribution in [3.05, 3.63) is 27.7 Å². The Kier molecular flexibility index (Phi) is 5.96. The molecule has 5 nitrogen and oxygen atoms in total. The van der Waals surface area contributed by atoms with Crippen LogP contribution in [-0.2, 0) is 10.0 Å². The van der Waals surface area contributed by atoms with Crippen LogP contribution in [0.5, 0.6) is 0 Å². The molecular weight excluding hydrogens is 358 g/mol. The van der Waals surface area contributed by atoms with Crippen LogP contribution in [-0.4, -0.2) is 25.5 Å². The third kappa shape index (κ3) is 4.30. The first kappa shape index (κ1) is 17.7. The molecule has 0 heterocycles. The van der Waals surface area contributed by atoms with Crippen LogP contribution in [0.25, 0.3) is 0 Å². The van der Waals surface area contributed by atoms with E-state index in [1.807, 2.05) is 6.92 Å². The summed E-state index contributed by atoms with van der Waals surface area (Å²) in [6, 6.07) is 1.88. The van der Waals surface area contributed by atoms with E-state index in [1.165, 1.54) is 6.07 Å². The summed E-state index contributed by atoms with van der Waals surface area (Å²) in [7, 11) is -3.87. The number of hydrogen-bond donors (Lipinski definition) is 2. The topological polar surface area (TPSA) is 83.5 Å². The maximum absolute atomic E-state index is 12.3. The molecule has 0 aliphatic carbocycles. The van der Waals surface area contributed by atoms with Gasteiger partial charge in [0.15, 0.2) is 0 Å². The summed E-state index contributed by atoms with van der Waals surface area (Å²) in [5.74, 6) is 1.19. The second-order valence-corrected chi connectivity index (χ2v) is 7.08. The average molecular weight is 374 g/mol. The Morgan fingerprint density at radius 1 is 1.52 bits per heavy atom. The Morgan fingerprint density at radius 2 is 2.14 bits per heavy atom. The van der Waals surface area contributed by atoms with Gasteiger partial charge < -0.3 is 5.11 Å². The summed E-state index contributed by atoms with van der Waals surface area (Å²) in [5.41, 5.74) is 0.390. The zero-order valence-electron chi connectivity index (χ0n) is 11.7. The zero-order chi connectivity index (χ0) is 16.2. The second-order valence-electron chi connectivity index (χ2n) is 4.51. The molecule has 1 aromatic rings. The lowest BCUT2D eigenvalue weighted by Crippen LogP contribution is -2.33. The van der Waals surface area contributed by atoms with Crippen LogP contribution in [0, 0.1) is 19.3 Å². The number of benzene rings is 1. The number of aromatic carboxylic acids is 1. The molecule has 1 rings (SSSR count). The number of sulfonamides is 1. The zero-order valence-corrected chi connectivity index (χ0v) is 14.1. The Hall–Kier alpha value is -1.36. The third-order valence-corrected chi connectivity index (χ3v) is 5.21. The van der Waals surface area contributed by atoms with Crippen LogP contribution in [0.2, 0.25) is 0 Å². The summed E-state index contributed by atoms with van der Waals surface area (Å²) in [6.07, 6.45) is 6.54. The van der Waals surface area contributed by atoms with E-state index < -0.39 is 22.0 Å². The van der Waals surface area contributed by atoms with Crippen LogP contribution in [0.15, 0.2) is 21.5 Å². The summed E-state index contributed by atoms with van der Waals surface area (Å²) < 4.78 is 27.4. The van der Waals surface area contributed by atoms with E-state index in [0.717, 1.165) is 12.5 Å². The first-order valence-electron chi connectivity index (χ1n) is 6.24. The van der Waals surface area contributed by atoms with Crippen molar-refractivity contribution in [1.82, 2.24) is 4.72 Å². The Bertz CT molecular complexity index is 692. The summed E-state index contributed by atoms with van der Waals surface area (Å²) in [4.78, 5) is 11.0.